The third kappa shape index (κ3) is 2.81. The van der Waals surface area contributed by atoms with E-state index < -0.39 is 17.7 Å². The Hall–Kier alpha value is -2.20. The first kappa shape index (κ1) is 15.2. The van der Waals surface area contributed by atoms with Gasteiger partial charge in [0, 0.05) is 11.1 Å². The number of phenolic OH excluding ortho intramolecular Hbond substituents is 1. The average Bonchev–Trinajstić information content (AvgIpc) is 2.42. The fourth-order valence-corrected chi connectivity index (χ4v) is 2.38. The Bertz CT molecular complexity index is 676. The molecule has 1 unspecified atom stereocenters. The number of hydrogen-bond acceptors (Lipinski definition) is 4. The van der Waals surface area contributed by atoms with Crippen LogP contribution in [-0.2, 0) is 0 Å². The number of aryl methyl sites for hydroxylation is 1. The van der Waals surface area contributed by atoms with E-state index in [2.05, 4.69) is 0 Å². The molecule has 4 heteroatoms. The molecule has 0 fully saturated rings. The van der Waals surface area contributed by atoms with Gasteiger partial charge in [-0.1, -0.05) is 17.7 Å². The Morgan fingerprint density at radius 2 is 1.90 bits per heavy atom. The summed E-state index contributed by atoms with van der Waals surface area (Å²) in [5.41, 5.74) is 1.94. The van der Waals surface area contributed by atoms with Gasteiger partial charge in [0.05, 0.1) is 11.7 Å². The van der Waals surface area contributed by atoms with Gasteiger partial charge in [-0.25, -0.2) is 0 Å². The Kier molecular flexibility index (Phi) is 4.09. The molecule has 0 heterocycles. The molecule has 21 heavy (non-hydrogen) atoms. The molecule has 1 aromatic rings. The molecule has 0 spiro atoms. The normalized spacial score (nSPS) is 15.3. The van der Waals surface area contributed by atoms with Gasteiger partial charge in [0.1, 0.15) is 5.75 Å². The topological polar surface area (TPSA) is 74.6 Å². The van der Waals surface area contributed by atoms with Gasteiger partial charge < -0.3 is 10.2 Å². The molecule has 1 aliphatic carbocycles. The summed E-state index contributed by atoms with van der Waals surface area (Å²) in [4.78, 5) is 24.7. The van der Waals surface area contributed by atoms with Crippen molar-refractivity contribution in [2.24, 2.45) is 0 Å². The number of aliphatic hydroxyl groups is 1. The quantitative estimate of drug-likeness (QED) is 0.838. The number of phenols is 1. The standard InChI is InChI=1S/C17H18O4/c1-9(2)4-6-12(18)11-8-14(20)16-13(19)7-5-10(3)15(16)17(11)21/h4-5,7-8,12,18-19H,6H2,1-3H3. The summed E-state index contributed by atoms with van der Waals surface area (Å²) in [6, 6.07) is 2.99. The molecule has 2 rings (SSSR count). The maximum atomic E-state index is 12.5. The highest BCUT2D eigenvalue weighted by atomic mass is 16.3. The van der Waals surface area contributed by atoms with Crippen molar-refractivity contribution in [3.05, 3.63) is 52.1 Å². The van der Waals surface area contributed by atoms with Crippen LogP contribution in [0.1, 0.15) is 46.5 Å². The van der Waals surface area contributed by atoms with Crippen molar-refractivity contribution < 1.29 is 19.8 Å². The van der Waals surface area contributed by atoms with Crippen LogP contribution in [0.15, 0.2) is 35.4 Å². The second-order valence-corrected chi connectivity index (χ2v) is 5.48. The Balaban J connectivity index is 2.46. The molecule has 110 valence electrons. The van der Waals surface area contributed by atoms with E-state index in [1.54, 1.807) is 13.0 Å². The van der Waals surface area contributed by atoms with Crippen LogP contribution in [0.25, 0.3) is 0 Å². The van der Waals surface area contributed by atoms with Gasteiger partial charge in [0.2, 0.25) is 0 Å². The zero-order chi connectivity index (χ0) is 15.7. The molecule has 0 aromatic heterocycles. The summed E-state index contributed by atoms with van der Waals surface area (Å²) in [5, 5.41) is 19.9. The van der Waals surface area contributed by atoms with Crippen molar-refractivity contribution in [2.45, 2.75) is 33.3 Å². The molecule has 0 radical (unpaired) electrons. The van der Waals surface area contributed by atoms with Crippen LogP contribution in [0.2, 0.25) is 0 Å². The average molecular weight is 286 g/mol. The highest BCUT2D eigenvalue weighted by Crippen LogP contribution is 2.32. The van der Waals surface area contributed by atoms with Crippen molar-refractivity contribution in [2.75, 3.05) is 0 Å². The first-order chi connectivity index (χ1) is 9.82. The molecule has 4 nitrogen and oxygen atoms in total. The van der Waals surface area contributed by atoms with E-state index in [-0.39, 0.29) is 28.9 Å². The van der Waals surface area contributed by atoms with Crippen molar-refractivity contribution in [1.82, 2.24) is 0 Å². The second kappa shape index (κ2) is 5.66. The monoisotopic (exact) mass is 286 g/mol. The molecule has 1 atom stereocenters. The third-order valence-electron chi connectivity index (χ3n) is 3.52. The van der Waals surface area contributed by atoms with E-state index in [4.69, 9.17) is 0 Å². The molecular weight excluding hydrogens is 268 g/mol. The first-order valence-corrected chi connectivity index (χ1v) is 6.77. The van der Waals surface area contributed by atoms with Gasteiger partial charge in [-0.3, -0.25) is 9.59 Å². The number of ketones is 2. The minimum absolute atomic E-state index is 0.0261. The number of carbonyl (C=O) groups is 2. The molecule has 1 aliphatic rings. The molecule has 2 N–H and O–H groups in total. The zero-order valence-corrected chi connectivity index (χ0v) is 12.3. The van der Waals surface area contributed by atoms with Crippen LogP contribution in [0.4, 0.5) is 0 Å². The molecule has 0 saturated carbocycles. The van der Waals surface area contributed by atoms with Crippen molar-refractivity contribution >= 4 is 11.6 Å². The van der Waals surface area contributed by atoms with Crippen LogP contribution < -0.4 is 0 Å². The third-order valence-corrected chi connectivity index (χ3v) is 3.52. The van der Waals surface area contributed by atoms with E-state index >= 15 is 0 Å². The number of aliphatic hydroxyl groups excluding tert-OH is 1. The number of Topliss-reactive ketones (excluding diaryl/α,β-unsaturated/α-hetero) is 1. The molecule has 1 aromatic carbocycles. The molecule has 0 aliphatic heterocycles. The lowest BCUT2D eigenvalue weighted by Crippen LogP contribution is -2.25. The van der Waals surface area contributed by atoms with Gasteiger partial charge in [-0.15, -0.1) is 0 Å². The Morgan fingerprint density at radius 3 is 2.52 bits per heavy atom. The fourth-order valence-electron chi connectivity index (χ4n) is 2.38. The van der Waals surface area contributed by atoms with Crippen LogP contribution in [0.3, 0.4) is 0 Å². The molecule has 0 saturated heterocycles. The van der Waals surface area contributed by atoms with Gasteiger partial charge in [0.15, 0.2) is 11.6 Å². The predicted octanol–water partition coefficient (Wildman–Crippen LogP) is 2.72. The van der Waals surface area contributed by atoms with Gasteiger partial charge >= 0.3 is 0 Å². The number of allylic oxidation sites excluding steroid dienone is 2. The van der Waals surface area contributed by atoms with E-state index in [0.717, 1.165) is 11.6 Å². The summed E-state index contributed by atoms with van der Waals surface area (Å²) in [7, 11) is 0. The lowest BCUT2D eigenvalue weighted by atomic mass is 9.83. The number of benzene rings is 1. The number of rotatable bonds is 3. The minimum Gasteiger partial charge on any atom is -0.507 e. The van der Waals surface area contributed by atoms with E-state index in [1.807, 2.05) is 19.9 Å². The van der Waals surface area contributed by atoms with Crippen LogP contribution in [0, 0.1) is 6.92 Å². The van der Waals surface area contributed by atoms with Gasteiger partial charge in [-0.05, 0) is 44.9 Å². The molecular formula is C17H18O4. The predicted molar refractivity (Wildman–Crippen MR) is 79.6 cm³/mol. The SMILES string of the molecule is CC(C)=CCC(O)C1=CC(=O)c2c(O)ccc(C)c2C1=O. The summed E-state index contributed by atoms with van der Waals surface area (Å²) in [6.45, 7) is 5.49. The molecule has 0 amide bonds. The minimum atomic E-state index is -1.02. The zero-order valence-electron chi connectivity index (χ0n) is 12.3. The Labute approximate surface area is 123 Å². The number of aromatic hydroxyl groups is 1. The maximum absolute atomic E-state index is 12.5. The van der Waals surface area contributed by atoms with Gasteiger partial charge in [0.25, 0.3) is 0 Å². The van der Waals surface area contributed by atoms with Crippen molar-refractivity contribution in [3.63, 3.8) is 0 Å². The Morgan fingerprint density at radius 1 is 1.24 bits per heavy atom. The van der Waals surface area contributed by atoms with E-state index in [9.17, 15) is 19.8 Å². The maximum Gasteiger partial charge on any atom is 0.192 e. The smallest absolute Gasteiger partial charge is 0.192 e. The first-order valence-electron chi connectivity index (χ1n) is 6.77. The number of fused-ring (bicyclic) bond motifs is 1. The van der Waals surface area contributed by atoms with Crippen molar-refractivity contribution in [3.8, 4) is 5.75 Å². The summed E-state index contributed by atoms with van der Waals surface area (Å²) >= 11 is 0. The summed E-state index contributed by atoms with van der Waals surface area (Å²) in [5.74, 6) is -1.05. The van der Waals surface area contributed by atoms with E-state index in [0.29, 0.717) is 5.56 Å². The lowest BCUT2D eigenvalue weighted by Gasteiger charge is -2.20. The molecule has 0 bridgehead atoms. The second-order valence-electron chi connectivity index (χ2n) is 5.48. The van der Waals surface area contributed by atoms with Gasteiger partial charge in [-0.2, -0.15) is 0 Å². The van der Waals surface area contributed by atoms with E-state index in [1.165, 1.54) is 6.07 Å². The highest BCUT2D eigenvalue weighted by molar-refractivity contribution is 6.26. The van der Waals surface area contributed by atoms with Crippen molar-refractivity contribution in [1.29, 1.82) is 0 Å². The highest BCUT2D eigenvalue weighted by Gasteiger charge is 2.32. The fraction of sp³-hybridized carbons (Fsp3) is 0.294. The van der Waals surface area contributed by atoms with Crippen LogP contribution in [-0.4, -0.2) is 27.9 Å². The van der Waals surface area contributed by atoms with Crippen LogP contribution >= 0.6 is 0 Å². The number of carbonyl (C=O) groups excluding carboxylic acids is 2. The largest absolute Gasteiger partial charge is 0.507 e. The summed E-state index contributed by atoms with van der Waals surface area (Å²) in [6.07, 6.45) is 2.20. The van der Waals surface area contributed by atoms with Crippen LogP contribution in [0.5, 0.6) is 5.75 Å². The summed E-state index contributed by atoms with van der Waals surface area (Å²) < 4.78 is 0. The number of hydrogen-bond donors (Lipinski definition) is 2. The lowest BCUT2D eigenvalue weighted by molar-refractivity contribution is 0.0945.